The van der Waals surface area contributed by atoms with Crippen molar-refractivity contribution in [1.82, 2.24) is 10.5 Å². The van der Waals surface area contributed by atoms with E-state index in [2.05, 4.69) is 10.4 Å². The minimum absolute atomic E-state index is 1.45. The van der Waals surface area contributed by atoms with E-state index < -0.39 is 0 Å². The number of hydrogen-bond acceptors (Lipinski definition) is 3. The van der Waals surface area contributed by atoms with E-state index in [1.54, 1.807) is 0 Å². The van der Waals surface area contributed by atoms with Crippen molar-refractivity contribution in [3.05, 3.63) is 0 Å². The van der Waals surface area contributed by atoms with E-state index in [1.807, 2.05) is 4.94 Å². The molecule has 32 valence electrons. The first kappa shape index (κ1) is 5.17. The quantitative estimate of drug-likeness (QED) is 0.369. The lowest BCUT2D eigenvalue weighted by Gasteiger charge is -1.88. The van der Waals surface area contributed by atoms with Crippen LogP contribution in [0.2, 0.25) is 0 Å². The lowest BCUT2D eigenvalue weighted by Crippen LogP contribution is -2.20. The number of rotatable bonds is 2. The Balaban J connectivity index is 2.19. The molecule has 0 aliphatic heterocycles. The summed E-state index contributed by atoms with van der Waals surface area (Å²) < 4.78 is 0. The first-order chi connectivity index (χ1) is 2.41. The molecule has 0 saturated carbocycles. The average Bonchev–Trinajstić information content (AvgIpc) is 1.41. The molecule has 2 N–H and O–H groups in total. The molecule has 0 aromatic rings. The van der Waals surface area contributed by atoms with Gasteiger partial charge < -0.3 is 0 Å². The maximum Gasteiger partial charge on any atom is 0.0589 e. The van der Waals surface area contributed by atoms with Crippen LogP contribution >= 0.6 is 11.8 Å². The van der Waals surface area contributed by atoms with Crippen LogP contribution in [0.1, 0.15) is 0 Å². The van der Waals surface area contributed by atoms with Crippen molar-refractivity contribution in [3.8, 4) is 0 Å². The van der Waals surface area contributed by atoms with Crippen LogP contribution in [0.3, 0.4) is 0 Å². The zero-order chi connectivity index (χ0) is 4.12. The molecule has 0 atom stereocenters. The molecule has 0 aromatic carbocycles. The molecular formula is CH5ClN2O. The van der Waals surface area contributed by atoms with E-state index in [-0.39, 0.29) is 0 Å². The zero-order valence-corrected chi connectivity index (χ0v) is 3.54. The Morgan fingerprint density at radius 3 is 2.40 bits per heavy atom. The van der Waals surface area contributed by atoms with Crippen LogP contribution in [0.5, 0.6) is 0 Å². The molecule has 0 spiro atoms. The summed E-state index contributed by atoms with van der Waals surface area (Å²) in [6.07, 6.45) is 0. The number of halogens is 1. The molecule has 0 amide bonds. The Morgan fingerprint density at radius 2 is 2.40 bits per heavy atom. The fourth-order valence-corrected chi connectivity index (χ4v) is 0.116. The van der Waals surface area contributed by atoms with Crippen molar-refractivity contribution in [2.45, 2.75) is 0 Å². The molecule has 0 aromatic heterocycles. The van der Waals surface area contributed by atoms with E-state index in [0.717, 1.165) is 0 Å². The van der Waals surface area contributed by atoms with Crippen molar-refractivity contribution in [2.75, 3.05) is 7.11 Å². The predicted octanol–water partition coefficient (Wildman–Crippen LogP) is -0.204. The Kier molecular flexibility index (Phi) is 4.31. The zero-order valence-electron chi connectivity index (χ0n) is 2.79. The maximum atomic E-state index is 4.82. The van der Waals surface area contributed by atoms with Crippen LogP contribution in [-0.4, -0.2) is 7.11 Å². The van der Waals surface area contributed by atoms with Gasteiger partial charge in [0.05, 0.1) is 7.11 Å². The van der Waals surface area contributed by atoms with Crippen molar-refractivity contribution in [1.29, 1.82) is 0 Å². The van der Waals surface area contributed by atoms with Crippen LogP contribution in [-0.2, 0) is 4.84 Å². The van der Waals surface area contributed by atoms with E-state index in [1.165, 1.54) is 7.11 Å². The van der Waals surface area contributed by atoms with Gasteiger partial charge in [-0.15, -0.1) is 10.5 Å². The summed E-state index contributed by atoms with van der Waals surface area (Å²) in [5.74, 6) is 0. The van der Waals surface area contributed by atoms with Crippen molar-refractivity contribution in [3.63, 3.8) is 0 Å². The van der Waals surface area contributed by atoms with Gasteiger partial charge >= 0.3 is 0 Å². The van der Waals surface area contributed by atoms with Gasteiger partial charge in [0.2, 0.25) is 0 Å². The van der Waals surface area contributed by atoms with Crippen LogP contribution < -0.4 is 10.5 Å². The molecule has 0 rings (SSSR count). The molecule has 0 aliphatic rings. The summed E-state index contributed by atoms with van der Waals surface area (Å²) >= 11 is 4.82. The average molecular weight is 96.5 g/mol. The molecule has 4 heteroatoms. The Labute approximate surface area is 35.3 Å². The standard InChI is InChI=1S/CH5ClN2O/c1-5-4-3-2/h3-4H,1H3. The highest BCUT2D eigenvalue weighted by atomic mass is 35.5. The molecule has 0 saturated heterocycles. The lowest BCUT2D eigenvalue weighted by molar-refractivity contribution is 0.0774. The van der Waals surface area contributed by atoms with Crippen LogP contribution in [0.4, 0.5) is 0 Å². The highest BCUT2D eigenvalue weighted by Gasteiger charge is 1.59. The van der Waals surface area contributed by atoms with E-state index in [9.17, 15) is 0 Å². The van der Waals surface area contributed by atoms with E-state index in [4.69, 9.17) is 11.8 Å². The van der Waals surface area contributed by atoms with Crippen molar-refractivity contribution in [2.24, 2.45) is 0 Å². The fourth-order valence-electron chi connectivity index (χ4n) is 0.0386. The smallest absolute Gasteiger partial charge is 0.0589 e. The lowest BCUT2D eigenvalue weighted by atomic mass is 11.7. The predicted molar refractivity (Wildman–Crippen MR) is 19.1 cm³/mol. The third-order valence-electron chi connectivity index (χ3n) is 0.141. The van der Waals surface area contributed by atoms with Gasteiger partial charge in [-0.05, 0) is 11.8 Å². The Hall–Kier alpha value is 0.170. The largest absolute Gasteiger partial charge is 0.289 e. The summed E-state index contributed by atoms with van der Waals surface area (Å²) in [6, 6.07) is 0. The monoisotopic (exact) mass is 96.0 g/mol. The van der Waals surface area contributed by atoms with Crippen LogP contribution in [0, 0.1) is 0 Å². The molecule has 0 aliphatic carbocycles. The molecule has 0 fully saturated rings. The second-order valence-corrected chi connectivity index (χ2v) is 0.590. The molecular weight excluding hydrogens is 91.5 g/mol. The second kappa shape index (κ2) is 4.17. The normalized spacial score (nSPS) is 8.40. The van der Waals surface area contributed by atoms with Crippen LogP contribution in [0.25, 0.3) is 0 Å². The summed E-state index contributed by atoms with van der Waals surface area (Å²) in [5, 5.41) is 0. The molecule has 0 bridgehead atoms. The summed E-state index contributed by atoms with van der Waals surface area (Å²) in [6.45, 7) is 0. The molecule has 3 nitrogen and oxygen atoms in total. The number of hydrazine groups is 1. The van der Waals surface area contributed by atoms with Gasteiger partial charge in [-0.3, -0.25) is 4.84 Å². The number of hydrogen-bond donors (Lipinski definition) is 2. The fraction of sp³-hybridized carbons (Fsp3) is 1.00. The minimum atomic E-state index is 1.45. The van der Waals surface area contributed by atoms with Gasteiger partial charge in [0.25, 0.3) is 0 Å². The van der Waals surface area contributed by atoms with Gasteiger partial charge in [-0.25, -0.2) is 0 Å². The minimum Gasteiger partial charge on any atom is -0.289 e. The van der Waals surface area contributed by atoms with Crippen molar-refractivity contribution >= 4 is 11.8 Å². The topological polar surface area (TPSA) is 33.3 Å². The van der Waals surface area contributed by atoms with Gasteiger partial charge in [-0.1, -0.05) is 0 Å². The summed E-state index contributed by atoms with van der Waals surface area (Å²) in [7, 11) is 1.45. The molecule has 0 unspecified atom stereocenters. The molecule has 0 heterocycles. The Morgan fingerprint density at radius 1 is 1.80 bits per heavy atom. The third-order valence-corrected chi connectivity index (χ3v) is 0.218. The second-order valence-electron chi connectivity index (χ2n) is 0.401. The van der Waals surface area contributed by atoms with Crippen molar-refractivity contribution < 1.29 is 4.84 Å². The van der Waals surface area contributed by atoms with Gasteiger partial charge in [-0.2, -0.15) is 0 Å². The first-order valence-corrected chi connectivity index (χ1v) is 1.43. The first-order valence-electron chi connectivity index (χ1n) is 1.05. The van der Waals surface area contributed by atoms with E-state index in [0.29, 0.717) is 0 Å². The third kappa shape index (κ3) is 4.17. The Bertz CT molecular complexity index is 17.1. The van der Waals surface area contributed by atoms with Crippen LogP contribution in [0.15, 0.2) is 0 Å². The molecule has 5 heavy (non-hydrogen) atoms. The van der Waals surface area contributed by atoms with Gasteiger partial charge in [0.15, 0.2) is 0 Å². The van der Waals surface area contributed by atoms with Gasteiger partial charge in [0.1, 0.15) is 0 Å². The van der Waals surface area contributed by atoms with Gasteiger partial charge in [0, 0.05) is 0 Å². The molecule has 0 radical (unpaired) electrons. The summed E-state index contributed by atoms with van der Waals surface area (Å²) in [4.78, 5) is 6.22. The highest BCUT2D eigenvalue weighted by molar-refractivity contribution is 6.12. The van der Waals surface area contributed by atoms with E-state index >= 15 is 0 Å². The number of nitrogens with one attached hydrogen (secondary N) is 2. The maximum absolute atomic E-state index is 4.82. The highest BCUT2D eigenvalue weighted by Crippen LogP contribution is 1.47. The summed E-state index contributed by atoms with van der Waals surface area (Å²) in [5.41, 5.74) is 2.13. The SMILES string of the molecule is CONNCl.